The highest BCUT2D eigenvalue weighted by atomic mass is 16.5. The number of rotatable bonds is 0. The Morgan fingerprint density at radius 1 is 1.31 bits per heavy atom. The van der Waals surface area contributed by atoms with Gasteiger partial charge in [0.05, 0.1) is 6.61 Å². The number of ether oxygens (including phenoxy) is 1. The zero-order chi connectivity index (χ0) is 9.42. The third-order valence-electron chi connectivity index (χ3n) is 2.66. The van der Waals surface area contributed by atoms with Gasteiger partial charge in [-0.05, 0) is 25.0 Å². The van der Waals surface area contributed by atoms with Crippen LogP contribution in [0.3, 0.4) is 0 Å². The number of nitrogens with two attached hydrogens (primary N) is 1. The summed E-state index contributed by atoms with van der Waals surface area (Å²) in [5.74, 6) is 1.01. The molecular formula is C11H15NO. The molecule has 0 saturated carbocycles. The van der Waals surface area contributed by atoms with Crippen LogP contribution in [0, 0.1) is 13.8 Å². The lowest BCUT2D eigenvalue weighted by atomic mass is 9.94. The summed E-state index contributed by atoms with van der Waals surface area (Å²) in [5.41, 5.74) is 9.67. The fraction of sp³-hybridized carbons (Fsp3) is 0.455. The molecule has 1 atom stereocenters. The van der Waals surface area contributed by atoms with Crippen LogP contribution in [0.2, 0.25) is 0 Å². The molecule has 0 spiro atoms. The summed E-state index contributed by atoms with van der Waals surface area (Å²) < 4.78 is 5.63. The van der Waals surface area contributed by atoms with Crippen molar-refractivity contribution in [3.8, 4) is 5.75 Å². The van der Waals surface area contributed by atoms with Crippen LogP contribution in [0.15, 0.2) is 12.1 Å². The first-order valence-electron chi connectivity index (χ1n) is 4.68. The van der Waals surface area contributed by atoms with Gasteiger partial charge in [0.2, 0.25) is 0 Å². The van der Waals surface area contributed by atoms with Gasteiger partial charge in [-0.1, -0.05) is 12.1 Å². The van der Waals surface area contributed by atoms with E-state index in [1.165, 1.54) is 16.7 Å². The van der Waals surface area contributed by atoms with Crippen LogP contribution < -0.4 is 10.5 Å². The number of benzene rings is 1. The second-order valence-corrected chi connectivity index (χ2v) is 3.69. The number of hydrogen-bond acceptors (Lipinski definition) is 2. The predicted molar refractivity (Wildman–Crippen MR) is 53.0 cm³/mol. The Hall–Kier alpha value is -1.02. The molecule has 0 radical (unpaired) electrons. The largest absolute Gasteiger partial charge is 0.493 e. The molecule has 2 N–H and O–H groups in total. The van der Waals surface area contributed by atoms with Gasteiger partial charge in [0, 0.05) is 18.0 Å². The first-order chi connectivity index (χ1) is 6.20. The first kappa shape index (κ1) is 8.57. The number of fused-ring (bicyclic) bond motifs is 1. The lowest BCUT2D eigenvalue weighted by Gasteiger charge is -2.26. The maximum absolute atomic E-state index is 6.04. The predicted octanol–water partition coefficient (Wildman–Crippen LogP) is 2.09. The average Bonchev–Trinajstić information content (AvgIpc) is 2.12. The Kier molecular flexibility index (Phi) is 2.00. The van der Waals surface area contributed by atoms with Crippen LogP contribution in [-0.4, -0.2) is 6.61 Å². The lowest BCUT2D eigenvalue weighted by molar-refractivity contribution is 0.266. The van der Waals surface area contributed by atoms with Gasteiger partial charge < -0.3 is 10.5 Å². The van der Waals surface area contributed by atoms with Crippen LogP contribution in [0.5, 0.6) is 5.75 Å². The van der Waals surface area contributed by atoms with E-state index in [-0.39, 0.29) is 6.04 Å². The summed E-state index contributed by atoms with van der Waals surface area (Å²) in [7, 11) is 0. The minimum atomic E-state index is 0.156. The van der Waals surface area contributed by atoms with Crippen molar-refractivity contribution in [2.45, 2.75) is 26.3 Å². The van der Waals surface area contributed by atoms with Crippen molar-refractivity contribution in [2.24, 2.45) is 5.73 Å². The van der Waals surface area contributed by atoms with Crippen LogP contribution in [0.25, 0.3) is 0 Å². The summed E-state index contributed by atoms with van der Waals surface area (Å²) in [5, 5.41) is 0. The molecule has 2 nitrogen and oxygen atoms in total. The fourth-order valence-electron chi connectivity index (χ4n) is 1.89. The second-order valence-electron chi connectivity index (χ2n) is 3.69. The highest BCUT2D eigenvalue weighted by Crippen LogP contribution is 2.35. The summed E-state index contributed by atoms with van der Waals surface area (Å²) in [4.78, 5) is 0. The first-order valence-corrected chi connectivity index (χ1v) is 4.68. The van der Waals surface area contributed by atoms with Gasteiger partial charge in [0.25, 0.3) is 0 Å². The molecular weight excluding hydrogens is 162 g/mol. The second kappa shape index (κ2) is 3.04. The summed E-state index contributed by atoms with van der Waals surface area (Å²) in [6, 6.07) is 4.36. The van der Waals surface area contributed by atoms with E-state index in [2.05, 4.69) is 26.0 Å². The van der Waals surface area contributed by atoms with Gasteiger partial charge in [-0.2, -0.15) is 0 Å². The SMILES string of the molecule is Cc1ccc(C)c2c1OCC[C@H]2N. The van der Waals surface area contributed by atoms with Crippen molar-refractivity contribution in [2.75, 3.05) is 6.61 Å². The monoisotopic (exact) mass is 177 g/mol. The van der Waals surface area contributed by atoms with Crippen LogP contribution >= 0.6 is 0 Å². The normalized spacial score (nSPS) is 20.7. The van der Waals surface area contributed by atoms with Crippen molar-refractivity contribution in [3.05, 3.63) is 28.8 Å². The molecule has 0 amide bonds. The van der Waals surface area contributed by atoms with E-state index >= 15 is 0 Å². The van der Waals surface area contributed by atoms with E-state index < -0.39 is 0 Å². The van der Waals surface area contributed by atoms with Crippen molar-refractivity contribution < 1.29 is 4.74 Å². The smallest absolute Gasteiger partial charge is 0.127 e. The van der Waals surface area contributed by atoms with E-state index in [4.69, 9.17) is 10.5 Å². The Morgan fingerprint density at radius 2 is 2.00 bits per heavy atom. The molecule has 0 fully saturated rings. The third kappa shape index (κ3) is 1.31. The molecule has 1 heterocycles. The maximum Gasteiger partial charge on any atom is 0.127 e. The highest BCUT2D eigenvalue weighted by Gasteiger charge is 2.21. The lowest BCUT2D eigenvalue weighted by Crippen LogP contribution is -2.22. The third-order valence-corrected chi connectivity index (χ3v) is 2.66. The quantitative estimate of drug-likeness (QED) is 0.658. The van der Waals surface area contributed by atoms with Gasteiger partial charge in [-0.3, -0.25) is 0 Å². The molecule has 1 aromatic rings. The van der Waals surface area contributed by atoms with Gasteiger partial charge >= 0.3 is 0 Å². The highest BCUT2D eigenvalue weighted by molar-refractivity contribution is 5.48. The van der Waals surface area contributed by atoms with Crippen molar-refractivity contribution >= 4 is 0 Å². The Morgan fingerprint density at radius 3 is 2.69 bits per heavy atom. The molecule has 70 valence electrons. The Balaban J connectivity index is 2.60. The van der Waals surface area contributed by atoms with E-state index in [1.807, 2.05) is 0 Å². The average molecular weight is 177 g/mol. The van der Waals surface area contributed by atoms with Crippen LogP contribution in [-0.2, 0) is 0 Å². The van der Waals surface area contributed by atoms with Gasteiger partial charge in [0.15, 0.2) is 0 Å². The minimum absolute atomic E-state index is 0.156. The van der Waals surface area contributed by atoms with Gasteiger partial charge in [-0.25, -0.2) is 0 Å². The van der Waals surface area contributed by atoms with E-state index in [9.17, 15) is 0 Å². The van der Waals surface area contributed by atoms with Crippen molar-refractivity contribution in [1.29, 1.82) is 0 Å². The van der Waals surface area contributed by atoms with Crippen LogP contribution in [0.4, 0.5) is 0 Å². The molecule has 1 aromatic carbocycles. The molecule has 13 heavy (non-hydrogen) atoms. The molecule has 1 aliphatic rings. The van der Waals surface area contributed by atoms with Gasteiger partial charge in [-0.15, -0.1) is 0 Å². The number of hydrogen-bond donors (Lipinski definition) is 1. The maximum atomic E-state index is 6.04. The standard InChI is InChI=1S/C11H15NO/c1-7-3-4-8(2)11-10(7)9(12)5-6-13-11/h3-4,9H,5-6,12H2,1-2H3/t9-/m1/s1. The molecule has 2 rings (SSSR count). The molecule has 0 unspecified atom stereocenters. The fourth-order valence-corrected chi connectivity index (χ4v) is 1.89. The van der Waals surface area contributed by atoms with E-state index in [0.29, 0.717) is 0 Å². The molecule has 0 saturated heterocycles. The molecule has 1 aliphatic heterocycles. The summed E-state index contributed by atoms with van der Waals surface area (Å²) in [6.07, 6.45) is 0.928. The molecule has 0 aliphatic carbocycles. The molecule has 2 heteroatoms. The topological polar surface area (TPSA) is 35.2 Å². The minimum Gasteiger partial charge on any atom is -0.493 e. The summed E-state index contributed by atoms with van der Waals surface area (Å²) >= 11 is 0. The van der Waals surface area contributed by atoms with Crippen LogP contribution in [0.1, 0.15) is 29.2 Å². The molecule has 0 bridgehead atoms. The number of aryl methyl sites for hydroxylation is 2. The Bertz CT molecular complexity index is 333. The van der Waals surface area contributed by atoms with Crippen molar-refractivity contribution in [1.82, 2.24) is 0 Å². The van der Waals surface area contributed by atoms with Crippen molar-refractivity contribution in [3.63, 3.8) is 0 Å². The van der Waals surface area contributed by atoms with Gasteiger partial charge in [0.1, 0.15) is 5.75 Å². The molecule has 0 aromatic heterocycles. The van der Waals surface area contributed by atoms with E-state index in [1.54, 1.807) is 0 Å². The van der Waals surface area contributed by atoms with E-state index in [0.717, 1.165) is 18.8 Å². The zero-order valence-electron chi connectivity index (χ0n) is 8.13. The Labute approximate surface area is 78.7 Å². The zero-order valence-corrected chi connectivity index (χ0v) is 8.13. The summed E-state index contributed by atoms with van der Waals surface area (Å²) in [6.45, 7) is 4.90.